The van der Waals surface area contributed by atoms with Crippen molar-refractivity contribution in [2.75, 3.05) is 11.1 Å². The number of nitrogens with one attached hydrogen (secondary N) is 2. The van der Waals surface area contributed by atoms with Crippen LogP contribution in [0.1, 0.15) is 24.4 Å². The molecule has 5 aromatic rings. The lowest BCUT2D eigenvalue weighted by Gasteiger charge is -2.19. The van der Waals surface area contributed by atoms with Crippen molar-refractivity contribution in [3.05, 3.63) is 75.6 Å². The van der Waals surface area contributed by atoms with E-state index in [1.165, 1.54) is 6.33 Å². The average Bonchev–Trinajstić information content (AvgIpc) is 3.33. The first-order chi connectivity index (χ1) is 18.4. The fourth-order valence-electron chi connectivity index (χ4n) is 3.81. The molecule has 1 unspecified atom stereocenters. The van der Waals surface area contributed by atoms with Crippen LogP contribution in [0.25, 0.3) is 27.9 Å². The number of nitrogens with two attached hydrogens (primary N) is 1. The van der Waals surface area contributed by atoms with Crippen molar-refractivity contribution in [2.45, 2.75) is 26.1 Å². The van der Waals surface area contributed by atoms with Gasteiger partial charge in [-0.25, -0.2) is 14.8 Å². The normalized spacial score (nSPS) is 12.2. The van der Waals surface area contributed by atoms with Gasteiger partial charge >= 0.3 is 12.1 Å². The summed E-state index contributed by atoms with van der Waals surface area (Å²) in [7, 11) is 0. The highest BCUT2D eigenvalue weighted by Crippen LogP contribution is 2.32. The Morgan fingerprint density at radius 1 is 1.15 bits per heavy atom. The minimum Gasteiger partial charge on any atom is -0.475 e. The van der Waals surface area contributed by atoms with Crippen LogP contribution < -0.4 is 16.6 Å². The van der Waals surface area contributed by atoms with Gasteiger partial charge in [0.25, 0.3) is 5.56 Å². The smallest absolute Gasteiger partial charge is 0.475 e. The van der Waals surface area contributed by atoms with Crippen LogP contribution in [-0.4, -0.2) is 46.6 Å². The Balaban J connectivity index is 0.000000448. The molecular weight excluding hydrogens is 541 g/mol. The number of aromatic nitrogens is 6. The number of nitrogens with zero attached hydrogens (tertiary/aromatic N) is 5. The summed E-state index contributed by atoms with van der Waals surface area (Å²) in [5.74, 6) is -2.21. The zero-order chi connectivity index (χ0) is 28.5. The van der Waals surface area contributed by atoms with Crippen molar-refractivity contribution in [1.82, 2.24) is 29.3 Å². The van der Waals surface area contributed by atoms with E-state index in [-0.39, 0.29) is 11.5 Å². The molecule has 0 fully saturated rings. The van der Waals surface area contributed by atoms with E-state index >= 15 is 0 Å². The van der Waals surface area contributed by atoms with E-state index in [9.17, 15) is 18.0 Å². The van der Waals surface area contributed by atoms with Gasteiger partial charge in [-0.1, -0.05) is 35.9 Å². The molecule has 0 saturated heterocycles. The molecular formula is C24H20ClF3N8O3. The number of carboxylic acid groups (broad SMARTS) is 1. The fraction of sp³-hybridized carbons (Fsp3) is 0.167. The molecule has 202 valence electrons. The summed E-state index contributed by atoms with van der Waals surface area (Å²) < 4.78 is 33.3. The van der Waals surface area contributed by atoms with Gasteiger partial charge in [0.2, 0.25) is 5.95 Å². The van der Waals surface area contributed by atoms with Crippen LogP contribution in [-0.2, 0) is 4.79 Å². The molecule has 1 atom stereocenters. The van der Waals surface area contributed by atoms with E-state index < -0.39 is 18.2 Å². The molecule has 1 aromatic carbocycles. The second-order valence-corrected chi connectivity index (χ2v) is 8.62. The van der Waals surface area contributed by atoms with E-state index in [1.54, 1.807) is 16.5 Å². The van der Waals surface area contributed by atoms with Crippen LogP contribution in [0.2, 0.25) is 5.02 Å². The lowest BCUT2D eigenvalue weighted by Crippen LogP contribution is -2.24. The number of aromatic amines is 1. The summed E-state index contributed by atoms with van der Waals surface area (Å²) in [6, 6.07) is 12.3. The van der Waals surface area contributed by atoms with Crippen LogP contribution in [0.5, 0.6) is 0 Å². The first-order valence-corrected chi connectivity index (χ1v) is 11.6. The molecule has 39 heavy (non-hydrogen) atoms. The van der Waals surface area contributed by atoms with Gasteiger partial charge in [0.15, 0.2) is 11.5 Å². The highest BCUT2D eigenvalue weighted by Gasteiger charge is 2.38. The number of alkyl halides is 3. The van der Waals surface area contributed by atoms with Crippen LogP contribution in [0, 0.1) is 6.92 Å². The largest absolute Gasteiger partial charge is 0.490 e. The van der Waals surface area contributed by atoms with E-state index in [4.69, 9.17) is 32.2 Å². The second-order valence-electron chi connectivity index (χ2n) is 8.22. The molecule has 0 radical (unpaired) electrons. The van der Waals surface area contributed by atoms with Crippen molar-refractivity contribution in [1.29, 1.82) is 0 Å². The van der Waals surface area contributed by atoms with Crippen molar-refractivity contribution in [3.63, 3.8) is 0 Å². The third-order valence-electron chi connectivity index (χ3n) is 5.52. The Kier molecular flexibility index (Phi) is 7.40. The standard InChI is InChI=1S/C22H19ClN8O.C2HF3O2/c1-11-6-5-9-15-28-17(16(21(32)31(11)15)13-7-3-4-8-14(13)23)12(2)27-20-18-19(26-10-25-18)29-22(24)30-20;3-2(4,5)1(6)7/h3-10,12H,1-2H3,(H4,24,25,26,27,29,30);(H,6,7). The molecule has 0 aliphatic heterocycles. The number of rotatable bonds is 4. The third kappa shape index (κ3) is 5.60. The minimum absolute atomic E-state index is 0.102. The molecule has 0 bridgehead atoms. The van der Waals surface area contributed by atoms with Crippen molar-refractivity contribution >= 4 is 46.1 Å². The maximum absolute atomic E-state index is 13.7. The lowest BCUT2D eigenvalue weighted by molar-refractivity contribution is -0.192. The molecule has 0 spiro atoms. The van der Waals surface area contributed by atoms with Crippen LogP contribution in [0.3, 0.4) is 0 Å². The number of imidazole rings is 1. The van der Waals surface area contributed by atoms with Crippen LogP contribution in [0.4, 0.5) is 24.9 Å². The van der Waals surface area contributed by atoms with E-state index in [0.29, 0.717) is 44.5 Å². The Morgan fingerprint density at radius 2 is 1.85 bits per heavy atom. The molecule has 11 nitrogen and oxygen atoms in total. The topological polar surface area (TPSA) is 164 Å². The second kappa shape index (κ2) is 10.6. The van der Waals surface area contributed by atoms with E-state index in [2.05, 4.69) is 25.3 Å². The molecule has 0 aliphatic carbocycles. The molecule has 5 N–H and O–H groups in total. The number of halogens is 4. The van der Waals surface area contributed by atoms with Gasteiger partial charge in [-0.2, -0.15) is 23.1 Å². The zero-order valence-electron chi connectivity index (χ0n) is 20.3. The number of fused-ring (bicyclic) bond motifs is 2. The van der Waals surface area contributed by atoms with Crippen LogP contribution in [0.15, 0.2) is 53.6 Å². The van der Waals surface area contributed by atoms with Crippen molar-refractivity contribution in [2.24, 2.45) is 0 Å². The number of carbonyl (C=O) groups is 1. The summed E-state index contributed by atoms with van der Waals surface area (Å²) in [6.45, 7) is 3.76. The number of benzene rings is 1. The number of hydrogen-bond donors (Lipinski definition) is 4. The van der Waals surface area contributed by atoms with Gasteiger partial charge in [0.05, 0.1) is 23.6 Å². The van der Waals surface area contributed by atoms with Gasteiger partial charge in [0, 0.05) is 16.3 Å². The zero-order valence-corrected chi connectivity index (χ0v) is 21.0. The lowest BCUT2D eigenvalue weighted by atomic mass is 10.0. The number of hydrogen-bond acceptors (Lipinski definition) is 8. The summed E-state index contributed by atoms with van der Waals surface area (Å²) in [6.07, 6.45) is -3.56. The average molecular weight is 561 g/mol. The Hall–Kier alpha value is -4.72. The molecule has 0 amide bonds. The van der Waals surface area contributed by atoms with Gasteiger partial charge in [-0.3, -0.25) is 9.20 Å². The van der Waals surface area contributed by atoms with Gasteiger partial charge < -0.3 is 21.1 Å². The fourth-order valence-corrected chi connectivity index (χ4v) is 4.04. The first-order valence-electron chi connectivity index (χ1n) is 11.2. The first kappa shape index (κ1) is 27.3. The predicted molar refractivity (Wildman–Crippen MR) is 138 cm³/mol. The summed E-state index contributed by atoms with van der Waals surface area (Å²) in [5, 5.41) is 10.9. The minimum atomic E-state index is -5.08. The van der Waals surface area contributed by atoms with Crippen LogP contribution >= 0.6 is 11.6 Å². The maximum Gasteiger partial charge on any atom is 0.490 e. The van der Waals surface area contributed by atoms with E-state index in [1.807, 2.05) is 44.2 Å². The van der Waals surface area contributed by atoms with Gasteiger partial charge in [0.1, 0.15) is 11.2 Å². The molecule has 0 saturated carbocycles. The highest BCUT2D eigenvalue weighted by atomic mass is 35.5. The molecule has 0 aliphatic rings. The number of anilines is 2. The Labute approximate surface area is 222 Å². The Bertz CT molecular complexity index is 1750. The SMILES string of the molecule is Cc1cccc2nc(C(C)Nc3nc(N)nc4[nH]cnc34)c(-c3ccccc3Cl)c(=O)n12.O=C(O)C(F)(F)F. The molecule has 4 aromatic heterocycles. The van der Waals surface area contributed by atoms with Gasteiger partial charge in [-0.15, -0.1) is 0 Å². The maximum atomic E-state index is 13.7. The molecule has 5 rings (SSSR count). The Morgan fingerprint density at radius 3 is 2.51 bits per heavy atom. The summed E-state index contributed by atoms with van der Waals surface area (Å²) in [5.41, 5.74) is 9.61. The number of nitrogen functional groups attached to an aromatic ring is 1. The summed E-state index contributed by atoms with van der Waals surface area (Å²) in [4.78, 5) is 43.1. The molecule has 15 heteroatoms. The highest BCUT2D eigenvalue weighted by molar-refractivity contribution is 6.33. The monoisotopic (exact) mass is 560 g/mol. The number of pyridine rings is 1. The van der Waals surface area contributed by atoms with Gasteiger partial charge in [-0.05, 0) is 32.0 Å². The van der Waals surface area contributed by atoms with Crippen molar-refractivity contribution < 1.29 is 23.1 Å². The predicted octanol–water partition coefficient (Wildman–Crippen LogP) is 4.38. The van der Waals surface area contributed by atoms with E-state index in [0.717, 1.165) is 5.69 Å². The number of carboxylic acids is 1. The van der Waals surface area contributed by atoms with Crippen molar-refractivity contribution in [3.8, 4) is 11.1 Å². The number of H-pyrrole nitrogens is 1. The molecule has 4 heterocycles. The quantitative estimate of drug-likeness (QED) is 0.250. The third-order valence-corrected chi connectivity index (χ3v) is 5.85. The number of aliphatic carboxylic acids is 1. The number of aryl methyl sites for hydroxylation is 1. The summed E-state index contributed by atoms with van der Waals surface area (Å²) >= 11 is 6.50.